The normalized spacial score (nSPS) is 12.7. The standard InChI is InChI=1S/C64H123NO5/c1-3-5-7-9-11-13-15-17-30-34-38-42-46-50-54-58-64(69)70-59-55-51-47-43-39-35-32-29-27-25-23-21-19-18-20-22-24-26-28-31-33-37-41-45-49-53-57-63(68)65-61(60-66)62(67)56-52-48-44-40-36-16-14-12-10-8-6-4-2/h17,30,52,56,61-62,66-67H,3-16,18-29,31-51,53-55,57-60H2,1-2H3,(H,65,68)/b30-17-,56-52+. The van der Waals surface area contributed by atoms with Crippen LogP contribution in [0.15, 0.2) is 24.3 Å². The van der Waals surface area contributed by atoms with Gasteiger partial charge in [-0.1, -0.05) is 301 Å². The van der Waals surface area contributed by atoms with E-state index >= 15 is 0 Å². The molecule has 0 aromatic rings. The summed E-state index contributed by atoms with van der Waals surface area (Å²) in [4.78, 5) is 24.5. The Morgan fingerprint density at radius 2 is 0.671 bits per heavy atom. The summed E-state index contributed by atoms with van der Waals surface area (Å²) in [6, 6.07) is -0.625. The van der Waals surface area contributed by atoms with Gasteiger partial charge in [-0.05, 0) is 57.8 Å². The Kier molecular flexibility index (Phi) is 58.5. The van der Waals surface area contributed by atoms with Gasteiger partial charge in [-0.2, -0.15) is 0 Å². The minimum absolute atomic E-state index is 0.00915. The summed E-state index contributed by atoms with van der Waals surface area (Å²) in [7, 11) is 0. The van der Waals surface area contributed by atoms with Gasteiger partial charge in [-0.15, -0.1) is 0 Å². The van der Waals surface area contributed by atoms with Gasteiger partial charge in [-0.3, -0.25) is 9.59 Å². The molecular weight excluding hydrogens is 863 g/mol. The number of rotatable bonds is 59. The molecule has 414 valence electrons. The second-order valence-electron chi connectivity index (χ2n) is 21.7. The molecule has 0 saturated carbocycles. The van der Waals surface area contributed by atoms with Crippen molar-refractivity contribution in [1.82, 2.24) is 5.32 Å². The third-order valence-electron chi connectivity index (χ3n) is 14.7. The lowest BCUT2D eigenvalue weighted by atomic mass is 10.0. The second-order valence-corrected chi connectivity index (χ2v) is 21.7. The van der Waals surface area contributed by atoms with Gasteiger partial charge in [-0.25, -0.2) is 0 Å². The van der Waals surface area contributed by atoms with E-state index in [1.54, 1.807) is 6.08 Å². The molecule has 1 amide bonds. The number of amides is 1. The van der Waals surface area contributed by atoms with Crippen molar-refractivity contribution in [3.63, 3.8) is 0 Å². The van der Waals surface area contributed by atoms with Crippen LogP contribution in [-0.4, -0.2) is 47.4 Å². The highest BCUT2D eigenvalue weighted by Crippen LogP contribution is 2.18. The maximum atomic E-state index is 12.4. The van der Waals surface area contributed by atoms with Crippen LogP contribution in [0, 0.1) is 0 Å². The lowest BCUT2D eigenvalue weighted by molar-refractivity contribution is -0.143. The van der Waals surface area contributed by atoms with Crippen LogP contribution >= 0.6 is 0 Å². The van der Waals surface area contributed by atoms with Crippen LogP contribution in [-0.2, 0) is 14.3 Å². The van der Waals surface area contributed by atoms with E-state index in [1.165, 1.54) is 276 Å². The van der Waals surface area contributed by atoms with Crippen molar-refractivity contribution in [2.45, 2.75) is 360 Å². The third kappa shape index (κ3) is 55.7. The molecule has 2 atom stereocenters. The zero-order chi connectivity index (χ0) is 50.7. The number of carbonyl (C=O) groups excluding carboxylic acids is 2. The molecule has 3 N–H and O–H groups in total. The Hall–Kier alpha value is -1.66. The van der Waals surface area contributed by atoms with E-state index in [0.29, 0.717) is 19.4 Å². The summed E-state index contributed by atoms with van der Waals surface area (Å²) in [5, 5.41) is 23.1. The lowest BCUT2D eigenvalue weighted by Gasteiger charge is -2.20. The molecule has 6 nitrogen and oxygen atoms in total. The number of esters is 1. The predicted octanol–water partition coefficient (Wildman–Crippen LogP) is 19.8. The maximum Gasteiger partial charge on any atom is 0.305 e. The number of aliphatic hydroxyl groups excluding tert-OH is 2. The van der Waals surface area contributed by atoms with E-state index in [0.717, 1.165) is 44.9 Å². The molecule has 0 radical (unpaired) electrons. The molecule has 70 heavy (non-hydrogen) atoms. The van der Waals surface area contributed by atoms with Gasteiger partial charge in [0.25, 0.3) is 0 Å². The van der Waals surface area contributed by atoms with Crippen molar-refractivity contribution in [2.24, 2.45) is 0 Å². The highest BCUT2D eigenvalue weighted by Gasteiger charge is 2.18. The van der Waals surface area contributed by atoms with E-state index in [1.807, 2.05) is 6.08 Å². The second kappa shape index (κ2) is 59.9. The molecule has 0 bridgehead atoms. The summed E-state index contributed by atoms with van der Waals surface area (Å²) in [5.41, 5.74) is 0. The first-order valence-corrected chi connectivity index (χ1v) is 31.6. The van der Waals surface area contributed by atoms with Gasteiger partial charge >= 0.3 is 5.97 Å². The fourth-order valence-corrected chi connectivity index (χ4v) is 9.87. The summed E-state index contributed by atoms with van der Waals surface area (Å²) >= 11 is 0. The minimum atomic E-state index is -0.841. The van der Waals surface area contributed by atoms with Gasteiger partial charge in [0.05, 0.1) is 25.4 Å². The molecule has 0 fully saturated rings. The van der Waals surface area contributed by atoms with Crippen LogP contribution in [0.3, 0.4) is 0 Å². The summed E-state index contributed by atoms with van der Waals surface area (Å²) in [6.45, 7) is 4.91. The predicted molar refractivity (Wildman–Crippen MR) is 306 cm³/mol. The van der Waals surface area contributed by atoms with Gasteiger partial charge in [0.15, 0.2) is 0 Å². The summed E-state index contributed by atoms with van der Waals surface area (Å²) in [5.74, 6) is -0.0562. The Balaban J connectivity index is 3.35. The Bertz CT molecular complexity index is 1090. The largest absolute Gasteiger partial charge is 0.466 e. The van der Waals surface area contributed by atoms with E-state index in [9.17, 15) is 19.8 Å². The van der Waals surface area contributed by atoms with Gasteiger partial charge in [0.1, 0.15) is 0 Å². The number of nitrogens with one attached hydrogen (secondary N) is 1. The van der Waals surface area contributed by atoms with Gasteiger partial charge in [0, 0.05) is 12.8 Å². The van der Waals surface area contributed by atoms with Crippen LogP contribution in [0.25, 0.3) is 0 Å². The highest BCUT2D eigenvalue weighted by molar-refractivity contribution is 5.76. The van der Waals surface area contributed by atoms with Crippen LogP contribution in [0.4, 0.5) is 0 Å². The van der Waals surface area contributed by atoms with Crippen LogP contribution < -0.4 is 5.32 Å². The average Bonchev–Trinajstić information content (AvgIpc) is 3.36. The number of ether oxygens (including phenoxy) is 1. The van der Waals surface area contributed by atoms with Crippen molar-refractivity contribution >= 4 is 11.9 Å². The highest BCUT2D eigenvalue weighted by atomic mass is 16.5. The van der Waals surface area contributed by atoms with Crippen molar-refractivity contribution in [3.05, 3.63) is 24.3 Å². The first-order chi connectivity index (χ1) is 34.5. The van der Waals surface area contributed by atoms with E-state index in [4.69, 9.17) is 4.74 Å². The molecule has 0 aliphatic carbocycles. The zero-order valence-corrected chi connectivity index (χ0v) is 47.3. The molecule has 0 saturated heterocycles. The average molecular weight is 987 g/mol. The zero-order valence-electron chi connectivity index (χ0n) is 47.3. The topological polar surface area (TPSA) is 95.9 Å². The monoisotopic (exact) mass is 986 g/mol. The first-order valence-electron chi connectivity index (χ1n) is 31.6. The van der Waals surface area contributed by atoms with E-state index < -0.39 is 12.1 Å². The number of allylic oxidation sites excluding steroid dienone is 3. The third-order valence-corrected chi connectivity index (χ3v) is 14.7. The molecule has 2 unspecified atom stereocenters. The van der Waals surface area contributed by atoms with Crippen molar-refractivity contribution in [2.75, 3.05) is 13.2 Å². The lowest BCUT2D eigenvalue weighted by Crippen LogP contribution is -2.45. The number of unbranched alkanes of at least 4 members (excludes halogenated alkanes) is 46. The first kappa shape index (κ1) is 68.3. The maximum absolute atomic E-state index is 12.4. The number of hydrogen-bond donors (Lipinski definition) is 3. The molecule has 0 aromatic carbocycles. The molecule has 0 rings (SSSR count). The Morgan fingerprint density at radius 1 is 0.386 bits per heavy atom. The molecule has 6 heteroatoms. The van der Waals surface area contributed by atoms with Crippen LogP contribution in [0.2, 0.25) is 0 Å². The van der Waals surface area contributed by atoms with Crippen molar-refractivity contribution < 1.29 is 24.5 Å². The minimum Gasteiger partial charge on any atom is -0.466 e. The fourth-order valence-electron chi connectivity index (χ4n) is 9.87. The van der Waals surface area contributed by atoms with Crippen LogP contribution in [0.5, 0.6) is 0 Å². The summed E-state index contributed by atoms with van der Waals surface area (Å²) in [6.07, 6.45) is 73.7. The Labute approximate surface area is 437 Å². The fraction of sp³-hybridized carbons (Fsp3) is 0.906. The molecule has 0 aliphatic rings. The number of aliphatic hydroxyl groups is 2. The number of carbonyl (C=O) groups is 2. The smallest absolute Gasteiger partial charge is 0.305 e. The summed E-state index contributed by atoms with van der Waals surface area (Å²) < 4.78 is 5.49. The SMILES string of the molecule is CCCCCCCC/C=C\CCCCCCCC(=O)OCCCCCCCCCCCCCCCCCCCCCCCCCCCCC(=O)NC(CO)C(O)/C=C/CCCCCCCCCCCC. The molecule has 0 spiro atoms. The van der Waals surface area contributed by atoms with Crippen molar-refractivity contribution in [1.29, 1.82) is 0 Å². The molecule has 0 heterocycles. The molecule has 0 aliphatic heterocycles. The van der Waals surface area contributed by atoms with E-state index in [-0.39, 0.29) is 18.5 Å². The molecule has 0 aromatic heterocycles. The van der Waals surface area contributed by atoms with Crippen molar-refractivity contribution in [3.8, 4) is 0 Å². The molecular formula is C64H123NO5. The van der Waals surface area contributed by atoms with Gasteiger partial charge in [0.2, 0.25) is 5.91 Å². The van der Waals surface area contributed by atoms with Gasteiger partial charge < -0.3 is 20.3 Å². The van der Waals surface area contributed by atoms with Crippen LogP contribution in [0.1, 0.15) is 348 Å². The number of hydrogen-bond acceptors (Lipinski definition) is 5. The quantitative estimate of drug-likeness (QED) is 0.0321. The van der Waals surface area contributed by atoms with E-state index in [2.05, 4.69) is 31.3 Å². The Morgan fingerprint density at radius 3 is 1.01 bits per heavy atom.